The van der Waals surface area contributed by atoms with Gasteiger partial charge in [-0.3, -0.25) is 4.90 Å². The van der Waals surface area contributed by atoms with Gasteiger partial charge >= 0.3 is 0 Å². The molecule has 0 unspecified atom stereocenters. The van der Waals surface area contributed by atoms with Gasteiger partial charge in [0.05, 0.1) is 10.9 Å². The van der Waals surface area contributed by atoms with Crippen molar-refractivity contribution >= 4 is 9.84 Å². The highest BCUT2D eigenvalue weighted by molar-refractivity contribution is 7.90. The lowest BCUT2D eigenvalue weighted by Gasteiger charge is -2.37. The zero-order valence-corrected chi connectivity index (χ0v) is 17.9. The van der Waals surface area contributed by atoms with E-state index in [4.69, 9.17) is 0 Å². The van der Waals surface area contributed by atoms with Crippen molar-refractivity contribution in [1.82, 2.24) is 30.0 Å². The van der Waals surface area contributed by atoms with Crippen molar-refractivity contribution in [3.05, 3.63) is 35.7 Å². The highest BCUT2D eigenvalue weighted by atomic mass is 32.2. The summed E-state index contributed by atoms with van der Waals surface area (Å²) in [5.41, 5.74) is 1.02. The molecule has 1 aromatic carbocycles. The van der Waals surface area contributed by atoms with Gasteiger partial charge in [0.25, 0.3) is 0 Å². The van der Waals surface area contributed by atoms with Crippen LogP contribution < -0.4 is 0 Å². The van der Waals surface area contributed by atoms with Crippen molar-refractivity contribution in [2.75, 3.05) is 33.2 Å². The predicted molar refractivity (Wildman–Crippen MR) is 107 cm³/mol. The number of hydrogen-bond donors (Lipinski definition) is 0. The van der Waals surface area contributed by atoms with E-state index in [1.807, 2.05) is 6.92 Å². The number of sulfone groups is 1. The van der Waals surface area contributed by atoms with E-state index in [9.17, 15) is 8.42 Å². The van der Waals surface area contributed by atoms with E-state index in [1.54, 1.807) is 24.3 Å². The molecular weight excluding hydrogens is 376 g/mol. The van der Waals surface area contributed by atoms with Crippen molar-refractivity contribution in [3.8, 4) is 0 Å². The molecule has 3 rings (SSSR count). The van der Waals surface area contributed by atoms with Gasteiger partial charge in [0.15, 0.2) is 21.5 Å². The van der Waals surface area contributed by atoms with Crippen LogP contribution in [0.5, 0.6) is 0 Å². The molecule has 0 saturated carbocycles. The number of piperazine rings is 1. The molecule has 154 valence electrons. The van der Waals surface area contributed by atoms with Gasteiger partial charge in [-0.15, -0.1) is 5.10 Å². The second-order valence-electron chi connectivity index (χ2n) is 8.08. The summed E-state index contributed by atoms with van der Waals surface area (Å²) in [4.78, 5) is 4.97. The number of hydrogen-bond acceptors (Lipinski definition) is 7. The second kappa shape index (κ2) is 8.67. The second-order valence-corrected chi connectivity index (χ2v) is 10.0. The molecule has 0 radical (unpaired) electrons. The van der Waals surface area contributed by atoms with Gasteiger partial charge in [0.1, 0.15) is 0 Å². The molecule has 0 spiro atoms. The fourth-order valence-corrected chi connectivity index (χ4v) is 4.73. The first-order valence-electron chi connectivity index (χ1n) is 9.74. The molecule has 2 heterocycles. The fraction of sp³-hybridized carbons (Fsp3) is 0.632. The monoisotopic (exact) mass is 406 g/mol. The first-order valence-corrected chi connectivity index (χ1v) is 11.4. The Morgan fingerprint density at radius 2 is 1.71 bits per heavy atom. The minimum atomic E-state index is -3.53. The lowest BCUT2D eigenvalue weighted by Crippen LogP contribution is -2.46. The van der Waals surface area contributed by atoms with E-state index in [2.05, 4.69) is 46.2 Å². The molecule has 0 N–H and O–H groups in total. The maximum absolute atomic E-state index is 12.9. The third-order valence-corrected chi connectivity index (χ3v) is 6.78. The van der Waals surface area contributed by atoms with Crippen LogP contribution in [0.15, 0.2) is 29.2 Å². The maximum atomic E-state index is 12.9. The van der Waals surface area contributed by atoms with Crippen LogP contribution in [0.25, 0.3) is 0 Å². The van der Waals surface area contributed by atoms with E-state index in [0.29, 0.717) is 16.6 Å². The third kappa shape index (κ3) is 4.95. The molecule has 28 heavy (non-hydrogen) atoms. The summed E-state index contributed by atoms with van der Waals surface area (Å²) in [7, 11) is -1.41. The number of benzene rings is 1. The van der Waals surface area contributed by atoms with Gasteiger partial charge < -0.3 is 4.90 Å². The Morgan fingerprint density at radius 3 is 2.32 bits per heavy atom. The average molecular weight is 407 g/mol. The molecule has 0 aliphatic carbocycles. The lowest BCUT2D eigenvalue weighted by atomic mass is 10.0. The SMILES string of the molecule is Cc1ccc(S(=O)(=O)Cn2nnnc2[C@H](CC(C)C)N2CCN(C)CC2)cc1. The van der Waals surface area contributed by atoms with Crippen molar-refractivity contribution < 1.29 is 8.42 Å². The summed E-state index contributed by atoms with van der Waals surface area (Å²) < 4.78 is 27.2. The predicted octanol–water partition coefficient (Wildman–Crippen LogP) is 1.75. The topological polar surface area (TPSA) is 84.2 Å². The van der Waals surface area contributed by atoms with E-state index in [1.165, 1.54) is 4.68 Å². The zero-order chi connectivity index (χ0) is 20.3. The summed E-state index contributed by atoms with van der Waals surface area (Å²) >= 11 is 0. The fourth-order valence-electron chi connectivity index (χ4n) is 3.52. The van der Waals surface area contributed by atoms with Crippen LogP contribution in [0.3, 0.4) is 0 Å². The summed E-state index contributed by atoms with van der Waals surface area (Å²) in [5.74, 6) is 0.832. The van der Waals surface area contributed by atoms with Crippen LogP contribution in [-0.4, -0.2) is 71.7 Å². The number of aromatic nitrogens is 4. The smallest absolute Gasteiger partial charge is 0.198 e. The van der Waals surface area contributed by atoms with E-state index in [0.717, 1.165) is 38.2 Å². The normalized spacial score (nSPS) is 17.9. The zero-order valence-electron chi connectivity index (χ0n) is 17.1. The Bertz CT molecular complexity index is 870. The molecule has 0 bridgehead atoms. The summed E-state index contributed by atoms with van der Waals surface area (Å²) in [6, 6.07) is 6.90. The van der Waals surface area contributed by atoms with Crippen molar-refractivity contribution in [2.24, 2.45) is 5.92 Å². The Kier molecular flexibility index (Phi) is 6.47. The summed E-state index contributed by atoms with van der Waals surface area (Å²) in [6.45, 7) is 10.1. The molecule has 1 aromatic heterocycles. The minimum Gasteiger partial charge on any atom is -0.304 e. The van der Waals surface area contributed by atoms with Gasteiger partial charge in [0.2, 0.25) is 0 Å². The third-order valence-electron chi connectivity index (χ3n) is 5.20. The minimum absolute atomic E-state index is 0.0110. The summed E-state index contributed by atoms with van der Waals surface area (Å²) in [6.07, 6.45) is 0.884. The Morgan fingerprint density at radius 1 is 1.07 bits per heavy atom. The van der Waals surface area contributed by atoms with E-state index >= 15 is 0 Å². The summed E-state index contributed by atoms with van der Waals surface area (Å²) in [5, 5.41) is 12.1. The molecule has 0 amide bonds. The maximum Gasteiger partial charge on any atom is 0.198 e. The van der Waals surface area contributed by atoms with Gasteiger partial charge in [-0.2, -0.15) is 0 Å². The van der Waals surface area contributed by atoms with Crippen molar-refractivity contribution in [2.45, 2.75) is 44.0 Å². The van der Waals surface area contributed by atoms with Gasteiger partial charge in [-0.25, -0.2) is 13.1 Å². The van der Waals surface area contributed by atoms with Crippen LogP contribution in [0.4, 0.5) is 0 Å². The average Bonchev–Trinajstić information content (AvgIpc) is 3.08. The Labute approximate surface area is 167 Å². The van der Waals surface area contributed by atoms with Crippen LogP contribution in [0, 0.1) is 12.8 Å². The van der Waals surface area contributed by atoms with Crippen LogP contribution in [0.2, 0.25) is 0 Å². The number of aryl methyl sites for hydroxylation is 1. The molecule has 8 nitrogen and oxygen atoms in total. The molecular formula is C19H30N6O2S. The van der Waals surface area contributed by atoms with Gasteiger partial charge in [-0.05, 0) is 48.9 Å². The van der Waals surface area contributed by atoms with Crippen LogP contribution in [0.1, 0.15) is 37.7 Å². The van der Waals surface area contributed by atoms with E-state index in [-0.39, 0.29) is 11.9 Å². The largest absolute Gasteiger partial charge is 0.304 e. The quantitative estimate of drug-likeness (QED) is 0.692. The molecule has 1 aliphatic rings. The molecule has 2 aromatic rings. The Balaban J connectivity index is 1.86. The van der Waals surface area contributed by atoms with E-state index < -0.39 is 9.84 Å². The van der Waals surface area contributed by atoms with Crippen LogP contribution >= 0.6 is 0 Å². The number of rotatable bonds is 7. The first kappa shape index (κ1) is 20.9. The first-order chi connectivity index (χ1) is 13.3. The highest BCUT2D eigenvalue weighted by Crippen LogP contribution is 2.27. The van der Waals surface area contributed by atoms with Crippen molar-refractivity contribution in [3.63, 3.8) is 0 Å². The number of tetrazole rings is 1. The van der Waals surface area contributed by atoms with Gasteiger partial charge in [0, 0.05) is 26.2 Å². The molecule has 1 fully saturated rings. The lowest BCUT2D eigenvalue weighted by molar-refractivity contribution is 0.0936. The van der Waals surface area contributed by atoms with Gasteiger partial charge in [-0.1, -0.05) is 31.5 Å². The standard InChI is InChI=1S/C19H30N6O2S/c1-15(2)13-18(24-11-9-23(4)10-12-24)19-20-21-22-25(19)14-28(26,27)17-7-5-16(3)6-8-17/h5-8,15,18H,9-14H2,1-4H3/t18-/m0/s1. The number of nitrogens with zero attached hydrogens (tertiary/aromatic N) is 6. The molecule has 1 saturated heterocycles. The van der Waals surface area contributed by atoms with Crippen LogP contribution in [-0.2, 0) is 15.7 Å². The molecule has 9 heteroatoms. The highest BCUT2D eigenvalue weighted by Gasteiger charge is 2.30. The molecule has 1 atom stereocenters. The molecule has 1 aliphatic heterocycles. The Hall–Kier alpha value is -1.84. The van der Waals surface area contributed by atoms with Crippen molar-refractivity contribution in [1.29, 1.82) is 0 Å². The number of likely N-dealkylation sites (N-methyl/N-ethyl adjacent to an activating group) is 1.